The van der Waals surface area contributed by atoms with Crippen LogP contribution in [0.1, 0.15) is 38.7 Å². The molecular formula is C26H34N2O4. The third kappa shape index (κ3) is 3.35. The summed E-state index contributed by atoms with van der Waals surface area (Å²) in [6.07, 6.45) is 7.30. The first kappa shape index (κ1) is 21.5. The highest BCUT2D eigenvalue weighted by Gasteiger charge is 2.59. The van der Waals surface area contributed by atoms with Gasteiger partial charge in [-0.2, -0.15) is 0 Å². The molecule has 2 heterocycles. The first-order valence-corrected chi connectivity index (χ1v) is 11.9. The summed E-state index contributed by atoms with van der Waals surface area (Å²) in [7, 11) is 1.68. The van der Waals surface area contributed by atoms with Crippen LogP contribution in [0.25, 0.3) is 10.9 Å². The van der Waals surface area contributed by atoms with Crippen molar-refractivity contribution in [2.45, 2.75) is 51.7 Å². The van der Waals surface area contributed by atoms with Crippen molar-refractivity contribution >= 4 is 16.9 Å². The topological polar surface area (TPSA) is 83.6 Å². The Morgan fingerprint density at radius 1 is 1.38 bits per heavy atom. The lowest BCUT2D eigenvalue weighted by Gasteiger charge is -2.51. The number of carbonyl (C=O) groups is 1. The van der Waals surface area contributed by atoms with Gasteiger partial charge in [0.15, 0.2) is 0 Å². The molecule has 6 nitrogen and oxygen atoms in total. The summed E-state index contributed by atoms with van der Waals surface area (Å²) in [5.74, 6) is 0.636. The van der Waals surface area contributed by atoms with E-state index in [1.54, 1.807) is 7.11 Å². The van der Waals surface area contributed by atoms with Crippen LogP contribution in [-0.4, -0.2) is 48.5 Å². The Labute approximate surface area is 189 Å². The molecule has 6 heteroatoms. The minimum absolute atomic E-state index is 0.143. The van der Waals surface area contributed by atoms with E-state index in [4.69, 9.17) is 9.47 Å². The number of hydrogen-bond donors (Lipinski definition) is 3. The highest BCUT2D eigenvalue weighted by molar-refractivity contribution is 5.84. The zero-order valence-electron chi connectivity index (χ0n) is 19.2. The second kappa shape index (κ2) is 8.23. The van der Waals surface area contributed by atoms with E-state index < -0.39 is 6.10 Å². The van der Waals surface area contributed by atoms with Gasteiger partial charge in [0.25, 0.3) is 0 Å². The number of hydrogen-bond acceptors (Lipinski definition) is 5. The minimum Gasteiger partial charge on any atom is -0.497 e. The molecule has 6 unspecified atom stereocenters. The minimum atomic E-state index is -0.554. The largest absolute Gasteiger partial charge is 0.497 e. The Morgan fingerprint density at radius 2 is 2.22 bits per heavy atom. The van der Waals surface area contributed by atoms with Gasteiger partial charge in [0.05, 0.1) is 19.1 Å². The Morgan fingerprint density at radius 3 is 3.03 bits per heavy atom. The summed E-state index contributed by atoms with van der Waals surface area (Å²) in [6.45, 7) is 5.70. The summed E-state index contributed by atoms with van der Waals surface area (Å²) in [6, 6.07) is 6.03. The fraction of sp³-hybridized carbons (Fsp3) is 0.577. The van der Waals surface area contributed by atoms with Crippen molar-refractivity contribution in [1.29, 1.82) is 0 Å². The van der Waals surface area contributed by atoms with Gasteiger partial charge >= 0.3 is 5.97 Å². The first-order valence-electron chi connectivity index (χ1n) is 11.9. The Bertz CT molecular complexity index is 1040. The fourth-order valence-electron chi connectivity index (χ4n) is 6.27. The molecule has 0 bridgehead atoms. The number of aliphatic hydroxyl groups is 1. The molecule has 2 aliphatic carbocycles. The monoisotopic (exact) mass is 438 g/mol. The standard InChI is InChI=1S/C26H34N2O4/c1-15-5-4-6-17-11-22-23(24(29)26(15,17)2)20(25(30)32-22)14-27-10-9-16-13-28-21-8-7-18(31-3)12-19(16)21/h6-8,12-13,15,20,22-24,27-29H,4-5,9-11,14H2,1-3H3. The van der Waals surface area contributed by atoms with Crippen molar-refractivity contribution in [2.24, 2.45) is 23.2 Å². The smallest absolute Gasteiger partial charge is 0.311 e. The summed E-state index contributed by atoms with van der Waals surface area (Å²) in [5, 5.41) is 16.1. The first-order chi connectivity index (χ1) is 15.4. The van der Waals surface area contributed by atoms with Crippen molar-refractivity contribution in [1.82, 2.24) is 10.3 Å². The predicted molar refractivity (Wildman–Crippen MR) is 123 cm³/mol. The SMILES string of the molecule is COc1ccc2[nH]cc(CCNCC3C(=O)OC4CC5=CCCC(C)C5(C)C(O)C43)c2c1. The van der Waals surface area contributed by atoms with Gasteiger partial charge in [-0.1, -0.05) is 25.5 Å². The number of allylic oxidation sites excluding steroid dienone is 1. The van der Waals surface area contributed by atoms with E-state index in [1.807, 2.05) is 18.3 Å². The zero-order chi connectivity index (χ0) is 22.5. The molecule has 0 amide bonds. The quantitative estimate of drug-likeness (QED) is 0.365. The van der Waals surface area contributed by atoms with E-state index in [0.29, 0.717) is 12.5 Å². The Balaban J connectivity index is 1.25. The average Bonchev–Trinajstić information content (AvgIpc) is 3.33. The molecule has 0 radical (unpaired) electrons. The van der Waals surface area contributed by atoms with Crippen LogP contribution in [0.2, 0.25) is 0 Å². The number of carbonyl (C=O) groups excluding carboxylic acids is 1. The van der Waals surface area contributed by atoms with Gasteiger partial charge in [-0.05, 0) is 55.5 Å². The number of esters is 1. The van der Waals surface area contributed by atoms with Crippen molar-refractivity contribution < 1.29 is 19.4 Å². The maximum Gasteiger partial charge on any atom is 0.311 e. The number of aromatic nitrogens is 1. The third-order valence-electron chi connectivity index (χ3n) is 8.48. The van der Waals surface area contributed by atoms with Crippen molar-refractivity contribution in [3.63, 3.8) is 0 Å². The highest BCUT2D eigenvalue weighted by atomic mass is 16.6. The zero-order valence-corrected chi connectivity index (χ0v) is 19.2. The van der Waals surface area contributed by atoms with Gasteiger partial charge in [-0.25, -0.2) is 0 Å². The lowest BCUT2D eigenvalue weighted by molar-refractivity contribution is -0.144. The van der Waals surface area contributed by atoms with Crippen LogP contribution >= 0.6 is 0 Å². The van der Waals surface area contributed by atoms with E-state index in [1.165, 1.54) is 11.1 Å². The normalized spacial score (nSPS) is 34.1. The van der Waals surface area contributed by atoms with Crippen molar-refractivity contribution in [3.05, 3.63) is 41.6 Å². The summed E-state index contributed by atoms with van der Waals surface area (Å²) < 4.78 is 11.1. The van der Waals surface area contributed by atoms with E-state index in [2.05, 4.69) is 36.3 Å². The molecule has 32 heavy (non-hydrogen) atoms. The molecule has 1 saturated heterocycles. The average molecular weight is 439 g/mol. The number of nitrogens with one attached hydrogen (secondary N) is 2. The maximum absolute atomic E-state index is 12.7. The molecule has 6 atom stereocenters. The number of methoxy groups -OCH3 is 1. The Hall–Kier alpha value is -2.31. The van der Waals surface area contributed by atoms with Crippen LogP contribution in [0.3, 0.4) is 0 Å². The highest BCUT2D eigenvalue weighted by Crippen LogP contribution is 2.55. The molecular weight excluding hydrogens is 404 g/mol. The van der Waals surface area contributed by atoms with Crippen LogP contribution in [-0.2, 0) is 16.0 Å². The van der Waals surface area contributed by atoms with Crippen LogP contribution in [0.15, 0.2) is 36.0 Å². The van der Waals surface area contributed by atoms with Gasteiger partial charge in [-0.3, -0.25) is 4.79 Å². The van der Waals surface area contributed by atoms with E-state index in [-0.39, 0.29) is 29.3 Å². The molecule has 172 valence electrons. The maximum atomic E-state index is 12.7. The van der Waals surface area contributed by atoms with Gasteiger partial charge < -0.3 is 24.9 Å². The summed E-state index contributed by atoms with van der Waals surface area (Å²) in [4.78, 5) is 16.0. The number of rotatable bonds is 6. The molecule has 1 aromatic heterocycles. The van der Waals surface area contributed by atoms with Gasteiger partial charge in [-0.15, -0.1) is 0 Å². The molecule has 3 N–H and O–H groups in total. The second-order valence-corrected chi connectivity index (χ2v) is 9.98. The van der Waals surface area contributed by atoms with Crippen LogP contribution in [0.5, 0.6) is 5.75 Å². The number of aliphatic hydroxyl groups excluding tert-OH is 1. The van der Waals surface area contributed by atoms with Gasteiger partial charge in [0.1, 0.15) is 11.9 Å². The van der Waals surface area contributed by atoms with Crippen molar-refractivity contribution in [2.75, 3.05) is 20.2 Å². The van der Waals surface area contributed by atoms with Crippen LogP contribution in [0.4, 0.5) is 0 Å². The lowest BCUT2D eigenvalue weighted by atomic mass is 9.55. The van der Waals surface area contributed by atoms with Gasteiger partial charge in [0, 0.05) is 41.4 Å². The van der Waals surface area contributed by atoms with Crippen LogP contribution < -0.4 is 10.1 Å². The number of benzene rings is 1. The number of ether oxygens (including phenoxy) is 2. The second-order valence-electron chi connectivity index (χ2n) is 9.98. The Kier molecular flexibility index (Phi) is 5.54. The molecule has 2 aromatic rings. The molecule has 1 aromatic carbocycles. The molecule has 5 rings (SSSR count). The fourth-order valence-corrected chi connectivity index (χ4v) is 6.27. The van der Waals surface area contributed by atoms with Gasteiger partial charge in [0.2, 0.25) is 0 Å². The summed E-state index contributed by atoms with van der Waals surface area (Å²) >= 11 is 0. The van der Waals surface area contributed by atoms with Crippen molar-refractivity contribution in [3.8, 4) is 5.75 Å². The molecule has 1 saturated carbocycles. The summed E-state index contributed by atoms with van der Waals surface area (Å²) in [5.41, 5.74) is 3.33. The third-order valence-corrected chi connectivity index (χ3v) is 8.48. The molecule has 1 aliphatic heterocycles. The van der Waals surface area contributed by atoms with E-state index >= 15 is 0 Å². The number of aromatic amines is 1. The molecule has 3 aliphatic rings. The number of H-pyrrole nitrogens is 1. The van der Waals surface area contributed by atoms with Crippen LogP contribution in [0, 0.1) is 23.2 Å². The molecule has 2 fully saturated rings. The van der Waals surface area contributed by atoms with E-state index in [0.717, 1.165) is 48.9 Å². The predicted octanol–water partition coefficient (Wildman–Crippen LogP) is 3.59. The number of fused-ring (bicyclic) bond motifs is 3. The molecule has 0 spiro atoms. The van der Waals surface area contributed by atoms with E-state index in [9.17, 15) is 9.90 Å². The lowest BCUT2D eigenvalue weighted by Crippen LogP contribution is -2.54.